The monoisotopic (exact) mass is 296 g/mol. The van der Waals surface area contributed by atoms with Crippen LogP contribution in [0.2, 0.25) is 0 Å². The minimum absolute atomic E-state index is 0.0621. The Morgan fingerprint density at radius 3 is 2.57 bits per heavy atom. The van der Waals surface area contributed by atoms with Crippen molar-refractivity contribution in [1.29, 1.82) is 0 Å². The molecular formula is C16H14BClN2O. The third kappa shape index (κ3) is 2.54. The fourth-order valence-corrected chi connectivity index (χ4v) is 2.53. The number of benzene rings is 2. The van der Waals surface area contributed by atoms with Crippen LogP contribution >= 0.6 is 11.6 Å². The second kappa shape index (κ2) is 5.66. The number of halogens is 1. The van der Waals surface area contributed by atoms with Crippen LogP contribution in [-0.2, 0) is 4.79 Å². The first kappa shape index (κ1) is 13.8. The number of H-pyrrole nitrogens is 1. The Hall–Kier alpha value is -2.20. The molecular weight excluding hydrogens is 282 g/mol. The predicted octanol–water partition coefficient (Wildman–Crippen LogP) is 2.33. The average Bonchev–Trinajstić information content (AvgIpc) is 2.93. The number of amides is 1. The van der Waals surface area contributed by atoms with Gasteiger partial charge in [-0.1, -0.05) is 35.8 Å². The molecule has 21 heavy (non-hydrogen) atoms. The zero-order chi connectivity index (χ0) is 14.8. The Bertz CT molecular complexity index is 782. The molecule has 0 bridgehead atoms. The molecule has 1 aromatic heterocycles. The van der Waals surface area contributed by atoms with E-state index in [1.807, 2.05) is 62.6 Å². The molecule has 5 heteroatoms. The molecule has 104 valence electrons. The molecule has 2 aromatic carbocycles. The van der Waals surface area contributed by atoms with Gasteiger partial charge >= 0.3 is 0 Å². The van der Waals surface area contributed by atoms with Crippen molar-refractivity contribution < 1.29 is 4.79 Å². The normalized spacial score (nSPS) is 10.7. The van der Waals surface area contributed by atoms with E-state index in [9.17, 15) is 4.79 Å². The maximum absolute atomic E-state index is 12.3. The minimum Gasteiger partial charge on any atom is -0.359 e. The van der Waals surface area contributed by atoms with Crippen LogP contribution in [0.4, 0.5) is 11.4 Å². The van der Waals surface area contributed by atoms with Crippen molar-refractivity contribution >= 4 is 53.1 Å². The molecule has 0 aliphatic rings. The molecule has 1 N–H and O–H groups in total. The number of aromatic amines is 1. The summed E-state index contributed by atoms with van der Waals surface area (Å²) in [5, 5.41) is 0.997. The Balaban J connectivity index is 2.16. The fourth-order valence-electron chi connectivity index (χ4n) is 2.41. The molecule has 0 saturated carbocycles. The van der Waals surface area contributed by atoms with Crippen molar-refractivity contribution in [2.45, 2.75) is 0 Å². The number of nitrogens with zero attached hydrogens (tertiary/aromatic N) is 1. The van der Waals surface area contributed by atoms with E-state index in [0.717, 1.165) is 27.7 Å². The van der Waals surface area contributed by atoms with Gasteiger partial charge in [-0.05, 0) is 18.2 Å². The Labute approximate surface area is 128 Å². The first-order valence-electron chi connectivity index (χ1n) is 6.72. The van der Waals surface area contributed by atoms with E-state index in [2.05, 4.69) is 4.98 Å². The van der Waals surface area contributed by atoms with Crippen molar-refractivity contribution in [3.8, 4) is 0 Å². The summed E-state index contributed by atoms with van der Waals surface area (Å²) < 4.78 is 0. The lowest BCUT2D eigenvalue weighted by Crippen LogP contribution is -2.27. The van der Waals surface area contributed by atoms with Crippen LogP contribution in [0.25, 0.3) is 10.9 Å². The Morgan fingerprint density at radius 1 is 1.14 bits per heavy atom. The van der Waals surface area contributed by atoms with Gasteiger partial charge in [0, 0.05) is 22.8 Å². The van der Waals surface area contributed by atoms with Gasteiger partial charge in [0.15, 0.2) is 0 Å². The van der Waals surface area contributed by atoms with Crippen LogP contribution in [0.5, 0.6) is 0 Å². The third-order valence-electron chi connectivity index (χ3n) is 3.46. The molecule has 0 atom stereocenters. The molecule has 0 radical (unpaired) electrons. The van der Waals surface area contributed by atoms with E-state index in [4.69, 9.17) is 11.6 Å². The molecule has 0 saturated heterocycles. The number of nitrogens with one attached hydrogen (secondary N) is 1. The van der Waals surface area contributed by atoms with Crippen molar-refractivity contribution in [2.24, 2.45) is 0 Å². The number of carbonyl (C=O) groups excluding carboxylic acids is 1. The lowest BCUT2D eigenvalue weighted by atomic mass is 9.96. The summed E-state index contributed by atoms with van der Waals surface area (Å²) in [7, 11) is 2.02. The number of fused-ring (bicyclic) bond motifs is 1. The van der Waals surface area contributed by atoms with Gasteiger partial charge in [0.25, 0.3) is 0 Å². The van der Waals surface area contributed by atoms with Crippen molar-refractivity contribution in [1.82, 2.24) is 4.98 Å². The second-order valence-corrected chi connectivity index (χ2v) is 5.19. The first-order chi connectivity index (χ1) is 10.2. The van der Waals surface area contributed by atoms with Crippen molar-refractivity contribution in [3.63, 3.8) is 0 Å². The largest absolute Gasteiger partial charge is 0.359 e. The van der Waals surface area contributed by atoms with Gasteiger partial charge in [0.2, 0.25) is 5.91 Å². The summed E-state index contributed by atoms with van der Waals surface area (Å²) >= 11 is 5.79. The van der Waals surface area contributed by atoms with Gasteiger partial charge in [-0.15, -0.1) is 11.6 Å². The zero-order valence-electron chi connectivity index (χ0n) is 11.6. The third-order valence-corrected chi connectivity index (χ3v) is 3.69. The van der Waals surface area contributed by atoms with Gasteiger partial charge in [-0.3, -0.25) is 9.69 Å². The number of hydrogen-bond acceptors (Lipinski definition) is 1. The van der Waals surface area contributed by atoms with Crippen LogP contribution in [0.15, 0.2) is 54.7 Å². The number of alkyl halides is 1. The summed E-state index contributed by atoms with van der Waals surface area (Å²) in [6, 6.07) is 15.7. The highest BCUT2D eigenvalue weighted by Crippen LogP contribution is 2.32. The smallest absolute Gasteiger partial charge is 0.246 e. The van der Waals surface area contributed by atoms with Gasteiger partial charge in [0.05, 0.1) is 5.69 Å². The van der Waals surface area contributed by atoms with E-state index < -0.39 is 0 Å². The molecule has 0 aliphatic carbocycles. The maximum atomic E-state index is 12.3. The Morgan fingerprint density at radius 2 is 1.86 bits per heavy atom. The zero-order valence-corrected chi connectivity index (χ0v) is 12.4. The fraction of sp³-hybridized carbons (Fsp3) is 0.0625. The molecule has 3 aromatic rings. The van der Waals surface area contributed by atoms with Gasteiger partial charge in [0.1, 0.15) is 13.7 Å². The number of aromatic nitrogens is 1. The SMILES string of the molecule is Bc1ccc(N(C(=O)CCl)c2c[nH]c3ccccc23)cc1. The molecule has 0 unspecified atom stereocenters. The lowest BCUT2D eigenvalue weighted by molar-refractivity contribution is -0.115. The standard InChI is InChI=1S/C16H14BClN2O/c17-11-5-7-12(8-6-11)20(16(21)9-18)15-10-19-14-4-2-1-3-13(14)15/h1-8,10,19H,9,17H2. The van der Waals surface area contributed by atoms with Gasteiger partial charge in [-0.25, -0.2) is 0 Å². The molecule has 3 nitrogen and oxygen atoms in total. The average molecular weight is 297 g/mol. The highest BCUT2D eigenvalue weighted by molar-refractivity contribution is 6.32. The number of para-hydroxylation sites is 1. The highest BCUT2D eigenvalue weighted by Gasteiger charge is 2.20. The van der Waals surface area contributed by atoms with Crippen LogP contribution in [0.3, 0.4) is 0 Å². The maximum Gasteiger partial charge on any atom is 0.246 e. The molecule has 0 spiro atoms. The number of rotatable bonds is 3. The number of anilines is 2. The summed E-state index contributed by atoms with van der Waals surface area (Å²) in [4.78, 5) is 17.2. The van der Waals surface area contributed by atoms with Crippen LogP contribution in [0, 0.1) is 0 Å². The van der Waals surface area contributed by atoms with Crippen LogP contribution in [0.1, 0.15) is 0 Å². The van der Waals surface area contributed by atoms with E-state index >= 15 is 0 Å². The lowest BCUT2D eigenvalue weighted by Gasteiger charge is -2.21. The van der Waals surface area contributed by atoms with Crippen molar-refractivity contribution in [3.05, 3.63) is 54.7 Å². The molecule has 1 amide bonds. The Kier molecular flexibility index (Phi) is 3.71. The van der Waals surface area contributed by atoms with E-state index in [0.29, 0.717) is 0 Å². The highest BCUT2D eigenvalue weighted by atomic mass is 35.5. The topological polar surface area (TPSA) is 36.1 Å². The van der Waals surface area contributed by atoms with Gasteiger partial charge in [-0.2, -0.15) is 0 Å². The molecule has 0 aliphatic heterocycles. The summed E-state index contributed by atoms with van der Waals surface area (Å²) in [6.45, 7) is 0. The second-order valence-electron chi connectivity index (χ2n) is 4.92. The van der Waals surface area contributed by atoms with Gasteiger partial charge < -0.3 is 4.98 Å². The minimum atomic E-state index is -0.148. The van der Waals surface area contributed by atoms with E-state index in [-0.39, 0.29) is 11.8 Å². The molecule has 3 rings (SSSR count). The first-order valence-corrected chi connectivity index (χ1v) is 7.26. The summed E-state index contributed by atoms with van der Waals surface area (Å²) in [6.07, 6.45) is 1.84. The van der Waals surface area contributed by atoms with E-state index in [1.54, 1.807) is 4.90 Å². The molecule has 0 fully saturated rings. The predicted molar refractivity (Wildman–Crippen MR) is 90.8 cm³/mol. The van der Waals surface area contributed by atoms with E-state index in [1.165, 1.54) is 0 Å². The summed E-state index contributed by atoms with van der Waals surface area (Å²) in [5.41, 5.74) is 3.78. The summed E-state index contributed by atoms with van der Waals surface area (Å²) in [5.74, 6) is -0.210. The quantitative estimate of drug-likeness (QED) is 0.584. The number of hydrogen-bond donors (Lipinski definition) is 1. The van der Waals surface area contributed by atoms with Crippen molar-refractivity contribution in [2.75, 3.05) is 10.8 Å². The number of carbonyl (C=O) groups is 1. The van der Waals surface area contributed by atoms with Crippen LogP contribution in [-0.4, -0.2) is 24.6 Å². The van der Waals surface area contributed by atoms with Crippen LogP contribution < -0.4 is 10.4 Å². The molecule has 1 heterocycles.